The van der Waals surface area contributed by atoms with Crippen LogP contribution < -0.4 is 5.73 Å². The fraction of sp³-hybridized carbons (Fsp3) is 0.286. The number of carboxylic acid groups (broad SMARTS) is 1. The van der Waals surface area contributed by atoms with Crippen molar-refractivity contribution in [1.82, 2.24) is 24.8 Å². The number of carbonyl (C=O) groups is 2. The first-order chi connectivity index (χ1) is 20.7. The van der Waals surface area contributed by atoms with E-state index in [0.29, 0.717) is 48.1 Å². The number of halogens is 6. The van der Waals surface area contributed by atoms with Gasteiger partial charge in [-0.1, -0.05) is 0 Å². The van der Waals surface area contributed by atoms with Crippen molar-refractivity contribution in [3.05, 3.63) is 88.8 Å². The van der Waals surface area contributed by atoms with Crippen molar-refractivity contribution in [3.63, 3.8) is 0 Å². The zero-order valence-electron chi connectivity index (χ0n) is 22.9. The molecule has 0 saturated heterocycles. The second kappa shape index (κ2) is 12.8. The molecule has 5 rings (SSSR count). The summed E-state index contributed by atoms with van der Waals surface area (Å²) in [5.74, 6) is -2.30. The van der Waals surface area contributed by atoms with E-state index < -0.39 is 29.9 Å². The molecule has 4 aromatic rings. The number of nitrogens with two attached hydrogens (primary N) is 1. The van der Waals surface area contributed by atoms with Gasteiger partial charge in [-0.05, 0) is 55.3 Å². The molecule has 0 aliphatic carbocycles. The minimum atomic E-state index is -5.08. The van der Waals surface area contributed by atoms with Gasteiger partial charge in [-0.15, -0.1) is 0 Å². The van der Waals surface area contributed by atoms with Crippen molar-refractivity contribution in [3.8, 4) is 0 Å². The van der Waals surface area contributed by atoms with Gasteiger partial charge in [0, 0.05) is 35.1 Å². The van der Waals surface area contributed by atoms with E-state index >= 15 is 0 Å². The minimum Gasteiger partial charge on any atom is -0.475 e. The molecule has 0 fully saturated rings. The highest BCUT2D eigenvalue weighted by atomic mass is 19.4. The summed E-state index contributed by atoms with van der Waals surface area (Å²) in [7, 11) is 0. The number of hydrogen-bond donors (Lipinski definition) is 2. The number of rotatable bonds is 5. The average molecular weight is 623 g/mol. The number of carbonyl (C=O) groups excluding carboxylic acids is 1. The number of fused-ring (bicyclic) bond motifs is 3. The highest BCUT2D eigenvalue weighted by Crippen LogP contribution is 2.32. The molecule has 232 valence electrons. The van der Waals surface area contributed by atoms with Crippen LogP contribution in [-0.4, -0.2) is 54.6 Å². The van der Waals surface area contributed by atoms with E-state index in [1.54, 1.807) is 43.6 Å². The molecule has 0 radical (unpaired) electrons. The Morgan fingerprint density at radius 2 is 1.73 bits per heavy atom. The summed E-state index contributed by atoms with van der Waals surface area (Å²) in [6, 6.07) is 8.48. The van der Waals surface area contributed by atoms with Crippen LogP contribution in [0.3, 0.4) is 0 Å². The second-order valence-corrected chi connectivity index (χ2v) is 9.54. The molecule has 1 atom stereocenters. The smallest absolute Gasteiger partial charge is 0.475 e. The zero-order chi connectivity index (χ0) is 32.2. The van der Waals surface area contributed by atoms with E-state index in [-0.39, 0.29) is 12.5 Å². The van der Waals surface area contributed by atoms with Crippen LogP contribution in [-0.2, 0) is 35.3 Å². The average Bonchev–Trinajstić information content (AvgIpc) is 2.99. The molecule has 44 heavy (non-hydrogen) atoms. The Morgan fingerprint density at radius 3 is 2.32 bits per heavy atom. The van der Waals surface area contributed by atoms with Crippen molar-refractivity contribution < 1.29 is 45.8 Å². The molecule has 1 aromatic carbocycles. The third kappa shape index (κ3) is 7.37. The van der Waals surface area contributed by atoms with E-state index in [9.17, 15) is 31.1 Å². The molecule has 16 heteroatoms. The van der Waals surface area contributed by atoms with Gasteiger partial charge < -0.3 is 20.5 Å². The number of nitrogens with zero attached hydrogens (tertiary/aromatic N) is 5. The highest BCUT2D eigenvalue weighted by Gasteiger charge is 2.38. The number of amides is 1. The summed E-state index contributed by atoms with van der Waals surface area (Å²) in [5.41, 5.74) is 8.45. The lowest BCUT2D eigenvalue weighted by Crippen LogP contribution is -2.34. The van der Waals surface area contributed by atoms with Crippen molar-refractivity contribution in [2.24, 2.45) is 0 Å². The Labute approximate surface area is 245 Å². The fourth-order valence-electron chi connectivity index (χ4n) is 4.39. The van der Waals surface area contributed by atoms with E-state index in [1.165, 1.54) is 11.0 Å². The van der Waals surface area contributed by atoms with Crippen molar-refractivity contribution in [2.75, 3.05) is 12.3 Å². The molecule has 1 aliphatic rings. The minimum absolute atomic E-state index is 0.0413. The van der Waals surface area contributed by atoms with Gasteiger partial charge in [0.2, 0.25) is 0 Å². The first kappa shape index (κ1) is 32.1. The molecular formula is C28H24F6N6O4. The Morgan fingerprint density at radius 1 is 1.05 bits per heavy atom. The van der Waals surface area contributed by atoms with Crippen molar-refractivity contribution >= 4 is 28.6 Å². The number of hydrogen-bond acceptors (Lipinski definition) is 8. The van der Waals surface area contributed by atoms with Gasteiger partial charge in [0.05, 0.1) is 42.6 Å². The summed E-state index contributed by atoms with van der Waals surface area (Å²) in [5, 5.41) is 7.94. The Bertz CT molecular complexity index is 1650. The third-order valence-electron chi connectivity index (χ3n) is 6.64. The van der Waals surface area contributed by atoms with Gasteiger partial charge in [-0.25, -0.2) is 19.7 Å². The SMILES string of the molecule is C[C@H](c1ncccn1)N(Cc1ccc(C(F)(F)F)cn1)C(=O)c1ccc2nc(N)c3c(c2c1)CCOC3.O=C(O)C(F)(F)F. The van der Waals surface area contributed by atoms with E-state index in [4.69, 9.17) is 20.4 Å². The lowest BCUT2D eigenvalue weighted by molar-refractivity contribution is -0.192. The molecular weight excluding hydrogens is 598 g/mol. The predicted molar refractivity (Wildman–Crippen MR) is 143 cm³/mol. The van der Waals surface area contributed by atoms with Crippen molar-refractivity contribution in [1.29, 1.82) is 0 Å². The molecule has 1 aliphatic heterocycles. The second-order valence-electron chi connectivity index (χ2n) is 9.54. The summed E-state index contributed by atoms with van der Waals surface area (Å²) in [4.78, 5) is 41.2. The Hall–Kier alpha value is -4.86. The first-order valence-corrected chi connectivity index (χ1v) is 12.9. The van der Waals surface area contributed by atoms with Gasteiger partial charge in [0.15, 0.2) is 0 Å². The normalized spacial score (nSPS) is 13.8. The van der Waals surface area contributed by atoms with Crippen LogP contribution in [0.5, 0.6) is 0 Å². The summed E-state index contributed by atoms with van der Waals surface area (Å²) >= 11 is 0. The highest BCUT2D eigenvalue weighted by molar-refractivity contribution is 5.99. The number of anilines is 1. The molecule has 0 spiro atoms. The number of nitrogen functional groups attached to an aromatic ring is 1. The van der Waals surface area contributed by atoms with Crippen LogP contribution in [0.15, 0.2) is 55.0 Å². The number of aromatic nitrogens is 4. The van der Waals surface area contributed by atoms with Gasteiger partial charge in [-0.3, -0.25) is 9.78 Å². The topological polar surface area (TPSA) is 144 Å². The van der Waals surface area contributed by atoms with Gasteiger partial charge >= 0.3 is 18.3 Å². The monoisotopic (exact) mass is 622 g/mol. The first-order valence-electron chi connectivity index (χ1n) is 12.9. The predicted octanol–water partition coefficient (Wildman–Crippen LogP) is 5.13. The third-order valence-corrected chi connectivity index (χ3v) is 6.64. The standard InChI is InChI=1S/C26H23F3N6O2.C2HF3O2/c1-15(24-31-8-2-9-32-24)35(13-18-5-4-17(12-33-18)26(27,28)29)25(36)16-3-6-22-20(11-16)19-7-10-37-14-21(19)23(30)34-22;3-2(4,5)1(6)7/h2-6,8-9,11-12,15H,7,10,13-14H2,1H3,(H2,30,34);(H,6,7)/t15-;/m1./s1. The van der Waals surface area contributed by atoms with Crippen LogP contribution in [0, 0.1) is 0 Å². The lowest BCUT2D eigenvalue weighted by Gasteiger charge is -2.28. The summed E-state index contributed by atoms with van der Waals surface area (Å²) in [6.07, 6.45) is -5.04. The number of benzene rings is 1. The van der Waals surface area contributed by atoms with Gasteiger partial charge in [0.1, 0.15) is 11.6 Å². The maximum absolute atomic E-state index is 13.9. The Kier molecular flexibility index (Phi) is 9.32. The molecule has 3 N–H and O–H groups in total. The summed E-state index contributed by atoms with van der Waals surface area (Å²) in [6.45, 7) is 2.62. The van der Waals surface area contributed by atoms with Gasteiger partial charge in [0.25, 0.3) is 5.91 Å². The van der Waals surface area contributed by atoms with Crippen LogP contribution in [0.2, 0.25) is 0 Å². The zero-order valence-corrected chi connectivity index (χ0v) is 22.9. The number of ether oxygens (including phenoxy) is 1. The molecule has 4 heterocycles. The maximum Gasteiger partial charge on any atom is 0.490 e. The Balaban J connectivity index is 0.000000566. The van der Waals surface area contributed by atoms with Gasteiger partial charge in [-0.2, -0.15) is 26.3 Å². The molecule has 0 saturated carbocycles. The summed E-state index contributed by atoms with van der Waals surface area (Å²) < 4.78 is 76.3. The molecule has 0 bridgehead atoms. The number of carboxylic acids is 1. The van der Waals surface area contributed by atoms with Crippen LogP contribution in [0.25, 0.3) is 10.9 Å². The largest absolute Gasteiger partial charge is 0.490 e. The fourth-order valence-corrected chi connectivity index (χ4v) is 4.39. The van der Waals surface area contributed by atoms with Crippen LogP contribution >= 0.6 is 0 Å². The molecule has 0 unspecified atom stereocenters. The number of aliphatic carboxylic acids is 1. The van der Waals surface area contributed by atoms with E-state index in [0.717, 1.165) is 28.8 Å². The van der Waals surface area contributed by atoms with Crippen LogP contribution in [0.4, 0.5) is 32.2 Å². The maximum atomic E-state index is 13.9. The molecule has 10 nitrogen and oxygen atoms in total. The number of alkyl halides is 6. The van der Waals surface area contributed by atoms with E-state index in [2.05, 4.69) is 19.9 Å². The van der Waals surface area contributed by atoms with Crippen LogP contribution in [0.1, 0.15) is 51.5 Å². The molecule has 3 aromatic heterocycles. The quantitative estimate of drug-likeness (QED) is 0.290. The van der Waals surface area contributed by atoms with Crippen molar-refractivity contribution in [2.45, 2.75) is 44.9 Å². The van der Waals surface area contributed by atoms with E-state index in [1.807, 2.05) is 0 Å². The lowest BCUT2D eigenvalue weighted by atomic mass is 9.97. The molecule has 1 amide bonds. The number of pyridine rings is 2.